The maximum absolute atomic E-state index is 12.0. The molecule has 0 heterocycles. The minimum Gasteiger partial charge on any atom is -0.496 e. The monoisotopic (exact) mass is 250 g/mol. The highest BCUT2D eigenvalue weighted by Crippen LogP contribution is 2.25. The van der Waals surface area contributed by atoms with E-state index in [4.69, 9.17) is 4.74 Å². The van der Waals surface area contributed by atoms with E-state index in [2.05, 4.69) is 4.74 Å². The number of carbonyl (C=O) groups excluding carboxylic acids is 2. The molecule has 1 rings (SSSR count). The van der Waals surface area contributed by atoms with E-state index in [1.54, 1.807) is 12.1 Å². The first-order valence-corrected chi connectivity index (χ1v) is 5.77. The molecule has 4 heteroatoms. The van der Waals surface area contributed by atoms with E-state index in [0.717, 1.165) is 5.56 Å². The first kappa shape index (κ1) is 14.2. The van der Waals surface area contributed by atoms with Gasteiger partial charge in [-0.25, -0.2) is 0 Å². The maximum atomic E-state index is 12.0. The average Bonchev–Trinajstić information content (AvgIpc) is 2.37. The Hall–Kier alpha value is -1.84. The summed E-state index contributed by atoms with van der Waals surface area (Å²) < 4.78 is 9.64. The van der Waals surface area contributed by atoms with Crippen molar-refractivity contribution < 1.29 is 19.1 Å². The molecular formula is C14H18O4. The summed E-state index contributed by atoms with van der Waals surface area (Å²) in [5.41, 5.74) is 1.46. The summed E-state index contributed by atoms with van der Waals surface area (Å²) in [6.45, 7) is 4.08. The molecular weight excluding hydrogens is 232 g/mol. The van der Waals surface area contributed by atoms with Gasteiger partial charge < -0.3 is 9.47 Å². The predicted octanol–water partition coefficient (Wildman–Crippen LogP) is 2.56. The Balaban J connectivity index is 3.07. The molecule has 0 aliphatic rings. The van der Waals surface area contributed by atoms with Crippen molar-refractivity contribution in [2.75, 3.05) is 14.2 Å². The zero-order valence-electron chi connectivity index (χ0n) is 11.1. The first-order chi connectivity index (χ1) is 8.49. The summed E-state index contributed by atoms with van der Waals surface area (Å²) in [6, 6.07) is 5.44. The van der Waals surface area contributed by atoms with Gasteiger partial charge in [0.2, 0.25) is 0 Å². The normalized spacial score (nSPS) is 10.3. The van der Waals surface area contributed by atoms with Gasteiger partial charge in [0.1, 0.15) is 12.2 Å². The molecule has 0 radical (unpaired) electrons. The Kier molecular flexibility index (Phi) is 4.89. The number of esters is 1. The van der Waals surface area contributed by atoms with Crippen molar-refractivity contribution in [2.24, 2.45) is 0 Å². The van der Waals surface area contributed by atoms with Gasteiger partial charge in [-0.15, -0.1) is 0 Å². The van der Waals surface area contributed by atoms with Gasteiger partial charge in [-0.3, -0.25) is 9.59 Å². The van der Waals surface area contributed by atoms with E-state index in [1.165, 1.54) is 14.2 Å². The Morgan fingerprint density at radius 1 is 1.22 bits per heavy atom. The molecule has 1 aromatic rings. The van der Waals surface area contributed by atoms with Crippen molar-refractivity contribution in [1.82, 2.24) is 0 Å². The van der Waals surface area contributed by atoms with Gasteiger partial charge in [-0.2, -0.15) is 0 Å². The molecule has 0 aliphatic carbocycles. The molecule has 0 unspecified atom stereocenters. The third kappa shape index (κ3) is 3.32. The molecule has 4 nitrogen and oxygen atoms in total. The molecule has 0 aromatic heterocycles. The Bertz CT molecular complexity index is 449. The minimum atomic E-state index is -0.544. The summed E-state index contributed by atoms with van der Waals surface area (Å²) in [4.78, 5) is 23.1. The molecule has 0 saturated carbocycles. The molecule has 98 valence electrons. The van der Waals surface area contributed by atoms with E-state index >= 15 is 0 Å². The summed E-state index contributed by atoms with van der Waals surface area (Å²) in [6.07, 6.45) is -0.269. The van der Waals surface area contributed by atoms with Crippen molar-refractivity contribution in [3.05, 3.63) is 29.3 Å². The Labute approximate surface area is 107 Å². The van der Waals surface area contributed by atoms with Crippen LogP contribution in [-0.4, -0.2) is 26.0 Å². The van der Waals surface area contributed by atoms with E-state index < -0.39 is 5.97 Å². The number of methoxy groups -OCH3 is 2. The number of Topliss-reactive ketones (excluding diaryl/α,β-unsaturated/α-hetero) is 1. The van der Waals surface area contributed by atoms with Gasteiger partial charge in [0.25, 0.3) is 0 Å². The van der Waals surface area contributed by atoms with Crippen molar-refractivity contribution in [3.8, 4) is 5.75 Å². The lowest BCUT2D eigenvalue weighted by Crippen LogP contribution is -2.11. The fourth-order valence-electron chi connectivity index (χ4n) is 1.60. The second-order valence-corrected chi connectivity index (χ2v) is 4.29. The Morgan fingerprint density at radius 2 is 1.89 bits per heavy atom. The van der Waals surface area contributed by atoms with Crippen LogP contribution < -0.4 is 4.74 Å². The summed E-state index contributed by atoms with van der Waals surface area (Å²) >= 11 is 0. The SMILES string of the molecule is COC(=O)CC(=O)c1cc(C(C)C)ccc1OC. The van der Waals surface area contributed by atoms with Crippen LogP contribution in [0.15, 0.2) is 18.2 Å². The van der Waals surface area contributed by atoms with Crippen LogP contribution in [-0.2, 0) is 9.53 Å². The zero-order chi connectivity index (χ0) is 13.7. The number of rotatable bonds is 5. The summed E-state index contributed by atoms with van der Waals surface area (Å²) in [7, 11) is 2.76. The number of hydrogen-bond donors (Lipinski definition) is 0. The van der Waals surface area contributed by atoms with Gasteiger partial charge in [0.05, 0.1) is 19.8 Å². The molecule has 0 amide bonds. The zero-order valence-corrected chi connectivity index (χ0v) is 11.1. The highest BCUT2D eigenvalue weighted by Gasteiger charge is 2.17. The van der Waals surface area contributed by atoms with E-state index in [0.29, 0.717) is 17.2 Å². The molecule has 0 bridgehead atoms. The number of ether oxygens (including phenoxy) is 2. The highest BCUT2D eigenvalue weighted by molar-refractivity contribution is 6.07. The summed E-state index contributed by atoms with van der Waals surface area (Å²) in [5.74, 6) is -0.0490. The summed E-state index contributed by atoms with van der Waals surface area (Å²) in [5, 5.41) is 0. The Morgan fingerprint density at radius 3 is 2.39 bits per heavy atom. The van der Waals surface area contributed by atoms with Crippen LogP contribution in [0.1, 0.15) is 42.1 Å². The van der Waals surface area contributed by atoms with E-state index in [9.17, 15) is 9.59 Å². The van der Waals surface area contributed by atoms with Crippen LogP contribution in [0, 0.1) is 0 Å². The second-order valence-electron chi connectivity index (χ2n) is 4.29. The fourth-order valence-corrected chi connectivity index (χ4v) is 1.60. The molecule has 18 heavy (non-hydrogen) atoms. The van der Waals surface area contributed by atoms with Crippen molar-refractivity contribution in [1.29, 1.82) is 0 Å². The van der Waals surface area contributed by atoms with Crippen LogP contribution in [0.2, 0.25) is 0 Å². The average molecular weight is 250 g/mol. The molecule has 0 aliphatic heterocycles. The lowest BCUT2D eigenvalue weighted by atomic mass is 9.97. The minimum absolute atomic E-state index is 0.269. The van der Waals surface area contributed by atoms with Crippen LogP contribution in [0.25, 0.3) is 0 Å². The predicted molar refractivity (Wildman–Crippen MR) is 68.0 cm³/mol. The van der Waals surface area contributed by atoms with Gasteiger partial charge in [-0.1, -0.05) is 19.9 Å². The first-order valence-electron chi connectivity index (χ1n) is 5.77. The molecule has 1 aromatic carbocycles. The van der Waals surface area contributed by atoms with Crippen LogP contribution in [0.3, 0.4) is 0 Å². The lowest BCUT2D eigenvalue weighted by Gasteiger charge is -2.11. The number of carbonyl (C=O) groups is 2. The highest BCUT2D eigenvalue weighted by atomic mass is 16.5. The standard InChI is InChI=1S/C14H18O4/c1-9(2)10-5-6-13(17-3)11(7-10)12(15)8-14(16)18-4/h5-7,9H,8H2,1-4H3. The maximum Gasteiger partial charge on any atom is 0.313 e. The molecule has 0 spiro atoms. The molecule has 0 fully saturated rings. The molecule has 0 N–H and O–H groups in total. The van der Waals surface area contributed by atoms with Crippen LogP contribution in [0.4, 0.5) is 0 Å². The van der Waals surface area contributed by atoms with E-state index in [1.807, 2.05) is 19.9 Å². The third-order valence-electron chi connectivity index (χ3n) is 2.72. The number of hydrogen-bond acceptors (Lipinski definition) is 4. The van der Waals surface area contributed by atoms with Crippen molar-refractivity contribution in [3.63, 3.8) is 0 Å². The second kappa shape index (κ2) is 6.19. The largest absolute Gasteiger partial charge is 0.496 e. The number of benzene rings is 1. The number of ketones is 1. The van der Waals surface area contributed by atoms with Crippen LogP contribution >= 0.6 is 0 Å². The van der Waals surface area contributed by atoms with Gasteiger partial charge in [0.15, 0.2) is 5.78 Å². The van der Waals surface area contributed by atoms with Gasteiger partial charge in [-0.05, 0) is 23.6 Å². The van der Waals surface area contributed by atoms with Gasteiger partial charge >= 0.3 is 5.97 Å². The fraction of sp³-hybridized carbons (Fsp3) is 0.429. The van der Waals surface area contributed by atoms with Gasteiger partial charge in [0, 0.05) is 0 Å². The van der Waals surface area contributed by atoms with Crippen LogP contribution in [0.5, 0.6) is 5.75 Å². The third-order valence-corrected chi connectivity index (χ3v) is 2.72. The lowest BCUT2D eigenvalue weighted by molar-refractivity contribution is -0.139. The van der Waals surface area contributed by atoms with E-state index in [-0.39, 0.29) is 12.2 Å². The molecule has 0 atom stereocenters. The topological polar surface area (TPSA) is 52.6 Å². The smallest absolute Gasteiger partial charge is 0.313 e. The van der Waals surface area contributed by atoms with Crippen molar-refractivity contribution in [2.45, 2.75) is 26.2 Å². The van der Waals surface area contributed by atoms with Crippen molar-refractivity contribution >= 4 is 11.8 Å². The molecule has 0 saturated heterocycles. The quantitative estimate of drug-likeness (QED) is 0.458.